The van der Waals surface area contributed by atoms with E-state index in [1.165, 1.54) is 17.7 Å². The van der Waals surface area contributed by atoms with Gasteiger partial charge in [-0.3, -0.25) is 0 Å². The molecule has 24 heavy (non-hydrogen) atoms. The number of hydrogen-bond donors (Lipinski definition) is 1. The van der Waals surface area contributed by atoms with Crippen molar-refractivity contribution in [3.8, 4) is 0 Å². The zero-order chi connectivity index (χ0) is 16.6. The number of benzene rings is 1. The Morgan fingerprint density at radius 3 is 2.92 bits per heavy atom. The maximum absolute atomic E-state index is 6.42. The standard InChI is InChI=1S/C19H26N4O/c1-14-8-9-15-6-2-3-7-16(15)23(14)13-10-17-21-18(22-24-17)19(20)11-4-5-12-19/h2-3,6-7,14H,4-5,8-13,20H2,1H3. The fourth-order valence-electron chi connectivity index (χ4n) is 4.11. The first-order valence-corrected chi connectivity index (χ1v) is 9.12. The van der Waals surface area contributed by atoms with Crippen LogP contribution in [0, 0.1) is 0 Å². The molecule has 2 N–H and O–H groups in total. The van der Waals surface area contributed by atoms with Gasteiger partial charge in [-0.15, -0.1) is 0 Å². The Labute approximate surface area is 143 Å². The van der Waals surface area contributed by atoms with Gasteiger partial charge in [-0.05, 0) is 44.2 Å². The molecule has 1 aromatic carbocycles. The molecule has 2 heterocycles. The summed E-state index contributed by atoms with van der Waals surface area (Å²) in [7, 11) is 0. The summed E-state index contributed by atoms with van der Waals surface area (Å²) in [6.07, 6.45) is 7.35. The van der Waals surface area contributed by atoms with Crippen LogP contribution in [0.3, 0.4) is 0 Å². The van der Waals surface area contributed by atoms with E-state index in [-0.39, 0.29) is 5.54 Å². The zero-order valence-electron chi connectivity index (χ0n) is 14.4. The van der Waals surface area contributed by atoms with Gasteiger partial charge in [0.2, 0.25) is 5.89 Å². The molecule has 4 rings (SSSR count). The lowest BCUT2D eigenvalue weighted by molar-refractivity contribution is 0.347. The van der Waals surface area contributed by atoms with Crippen LogP contribution in [-0.4, -0.2) is 22.7 Å². The highest BCUT2D eigenvalue weighted by Gasteiger charge is 2.36. The molecule has 5 nitrogen and oxygen atoms in total. The quantitative estimate of drug-likeness (QED) is 0.934. The number of hydrogen-bond acceptors (Lipinski definition) is 5. The maximum Gasteiger partial charge on any atom is 0.228 e. The van der Waals surface area contributed by atoms with Gasteiger partial charge in [-0.25, -0.2) is 0 Å². The first-order valence-electron chi connectivity index (χ1n) is 9.12. The Balaban J connectivity index is 1.47. The zero-order valence-corrected chi connectivity index (χ0v) is 14.4. The number of para-hydroxylation sites is 1. The van der Waals surface area contributed by atoms with Gasteiger partial charge in [0.05, 0.1) is 5.54 Å². The van der Waals surface area contributed by atoms with E-state index in [2.05, 4.69) is 46.2 Å². The van der Waals surface area contributed by atoms with Gasteiger partial charge in [0.25, 0.3) is 0 Å². The van der Waals surface area contributed by atoms with Gasteiger partial charge >= 0.3 is 0 Å². The van der Waals surface area contributed by atoms with Gasteiger partial charge in [0.15, 0.2) is 5.82 Å². The van der Waals surface area contributed by atoms with Crippen molar-refractivity contribution >= 4 is 5.69 Å². The number of rotatable bonds is 4. The maximum atomic E-state index is 6.42. The minimum Gasteiger partial charge on any atom is -0.368 e. The Hall–Kier alpha value is -1.88. The van der Waals surface area contributed by atoms with Crippen molar-refractivity contribution < 1.29 is 4.52 Å². The van der Waals surface area contributed by atoms with Crippen molar-refractivity contribution in [3.05, 3.63) is 41.5 Å². The summed E-state index contributed by atoms with van der Waals surface area (Å²) in [6, 6.07) is 9.24. The Bertz CT molecular complexity index is 705. The molecule has 1 fully saturated rings. The fraction of sp³-hybridized carbons (Fsp3) is 0.579. The molecule has 0 spiro atoms. The molecule has 0 saturated heterocycles. The van der Waals surface area contributed by atoms with E-state index in [0.717, 1.165) is 45.1 Å². The highest BCUT2D eigenvalue weighted by Crippen LogP contribution is 2.35. The molecule has 128 valence electrons. The second-order valence-corrected chi connectivity index (χ2v) is 7.33. The van der Waals surface area contributed by atoms with Crippen LogP contribution in [0.25, 0.3) is 0 Å². The van der Waals surface area contributed by atoms with Crippen LogP contribution >= 0.6 is 0 Å². The summed E-state index contributed by atoms with van der Waals surface area (Å²) in [5.41, 5.74) is 8.84. The number of aromatic nitrogens is 2. The third-order valence-corrected chi connectivity index (χ3v) is 5.64. The first kappa shape index (κ1) is 15.6. The van der Waals surface area contributed by atoms with Gasteiger partial charge < -0.3 is 15.2 Å². The number of fused-ring (bicyclic) bond motifs is 1. The number of aryl methyl sites for hydroxylation is 1. The predicted molar refractivity (Wildman–Crippen MR) is 93.9 cm³/mol. The third kappa shape index (κ3) is 2.81. The molecule has 0 amide bonds. The fourth-order valence-corrected chi connectivity index (χ4v) is 4.11. The molecule has 0 bridgehead atoms. The SMILES string of the molecule is CC1CCc2ccccc2N1CCc1nc(C2(N)CCCC2)no1. The molecule has 2 aliphatic rings. The molecule has 1 saturated carbocycles. The molecule has 1 atom stereocenters. The first-order chi connectivity index (χ1) is 11.7. The van der Waals surface area contributed by atoms with Crippen molar-refractivity contribution in [2.24, 2.45) is 5.73 Å². The van der Waals surface area contributed by atoms with Crippen molar-refractivity contribution in [2.45, 2.75) is 63.5 Å². The summed E-state index contributed by atoms with van der Waals surface area (Å²) in [5, 5.41) is 4.17. The Morgan fingerprint density at radius 1 is 1.29 bits per heavy atom. The van der Waals surface area contributed by atoms with E-state index in [9.17, 15) is 0 Å². The normalized spacial score (nSPS) is 22.6. The lowest BCUT2D eigenvalue weighted by Gasteiger charge is -2.36. The van der Waals surface area contributed by atoms with Crippen LogP contribution in [0.4, 0.5) is 5.69 Å². The van der Waals surface area contributed by atoms with Crippen LogP contribution in [0.1, 0.15) is 56.3 Å². The average molecular weight is 326 g/mol. The van der Waals surface area contributed by atoms with Gasteiger partial charge in [-0.1, -0.05) is 36.2 Å². The monoisotopic (exact) mass is 326 g/mol. The molecular weight excluding hydrogens is 300 g/mol. The second-order valence-electron chi connectivity index (χ2n) is 7.33. The molecule has 0 radical (unpaired) electrons. The van der Waals surface area contributed by atoms with E-state index in [1.54, 1.807) is 0 Å². The predicted octanol–water partition coefficient (Wildman–Crippen LogP) is 3.18. The summed E-state index contributed by atoms with van der Waals surface area (Å²) in [4.78, 5) is 7.07. The van der Waals surface area contributed by atoms with E-state index < -0.39 is 0 Å². The third-order valence-electron chi connectivity index (χ3n) is 5.64. The molecule has 1 unspecified atom stereocenters. The molecule has 1 aromatic heterocycles. The Kier molecular flexibility index (Phi) is 4.04. The van der Waals surface area contributed by atoms with Crippen LogP contribution < -0.4 is 10.6 Å². The van der Waals surface area contributed by atoms with Crippen LogP contribution in [-0.2, 0) is 18.4 Å². The van der Waals surface area contributed by atoms with E-state index in [0.29, 0.717) is 17.8 Å². The second kappa shape index (κ2) is 6.20. The van der Waals surface area contributed by atoms with Crippen molar-refractivity contribution in [1.29, 1.82) is 0 Å². The summed E-state index contributed by atoms with van der Waals surface area (Å²) >= 11 is 0. The van der Waals surface area contributed by atoms with E-state index in [4.69, 9.17) is 10.3 Å². The Morgan fingerprint density at radius 2 is 2.08 bits per heavy atom. The molecule has 2 aromatic rings. The van der Waals surface area contributed by atoms with Gasteiger partial charge in [-0.2, -0.15) is 4.98 Å². The van der Waals surface area contributed by atoms with E-state index in [1.807, 2.05) is 0 Å². The van der Waals surface area contributed by atoms with E-state index >= 15 is 0 Å². The van der Waals surface area contributed by atoms with Crippen molar-refractivity contribution in [2.75, 3.05) is 11.4 Å². The number of anilines is 1. The van der Waals surface area contributed by atoms with Crippen LogP contribution in [0.2, 0.25) is 0 Å². The number of nitrogens with zero attached hydrogens (tertiary/aromatic N) is 3. The highest BCUT2D eigenvalue weighted by atomic mass is 16.5. The lowest BCUT2D eigenvalue weighted by Crippen LogP contribution is -2.38. The summed E-state index contributed by atoms with van der Waals surface area (Å²) in [6.45, 7) is 3.19. The summed E-state index contributed by atoms with van der Waals surface area (Å²) in [5.74, 6) is 1.40. The molecule has 5 heteroatoms. The van der Waals surface area contributed by atoms with Gasteiger partial charge in [0, 0.05) is 24.7 Å². The molecule has 1 aliphatic carbocycles. The topological polar surface area (TPSA) is 68.2 Å². The smallest absolute Gasteiger partial charge is 0.228 e. The van der Waals surface area contributed by atoms with Crippen molar-refractivity contribution in [1.82, 2.24) is 10.1 Å². The molecular formula is C19H26N4O. The average Bonchev–Trinajstić information content (AvgIpc) is 3.24. The largest absolute Gasteiger partial charge is 0.368 e. The summed E-state index contributed by atoms with van der Waals surface area (Å²) < 4.78 is 5.49. The van der Waals surface area contributed by atoms with Crippen LogP contribution in [0.15, 0.2) is 28.8 Å². The van der Waals surface area contributed by atoms with Crippen molar-refractivity contribution in [3.63, 3.8) is 0 Å². The van der Waals surface area contributed by atoms with Gasteiger partial charge in [0.1, 0.15) is 0 Å². The minimum atomic E-state index is -0.368. The minimum absolute atomic E-state index is 0.368. The highest BCUT2D eigenvalue weighted by molar-refractivity contribution is 5.56. The number of nitrogens with two attached hydrogens (primary N) is 1. The van der Waals surface area contributed by atoms with Crippen LogP contribution in [0.5, 0.6) is 0 Å². The lowest BCUT2D eigenvalue weighted by atomic mass is 9.96. The molecule has 1 aliphatic heterocycles.